The number of carbonyl (C=O) groups excluding carboxylic acids is 2. The Morgan fingerprint density at radius 1 is 1.08 bits per heavy atom. The highest BCUT2D eigenvalue weighted by Gasteiger charge is 2.27. The van der Waals surface area contributed by atoms with Crippen molar-refractivity contribution in [3.63, 3.8) is 0 Å². The number of rotatable bonds is 6. The summed E-state index contributed by atoms with van der Waals surface area (Å²) >= 11 is 0. The predicted molar refractivity (Wildman–Crippen MR) is 101 cm³/mol. The van der Waals surface area contributed by atoms with Gasteiger partial charge in [0.05, 0.1) is 12.2 Å². The Bertz CT molecular complexity index is 761. The average Bonchev–Trinajstić information content (AvgIpc) is 2.66. The number of nitrogens with zero attached hydrogens (tertiary/aromatic N) is 1. The number of amides is 2. The van der Waals surface area contributed by atoms with Crippen molar-refractivity contribution in [3.05, 3.63) is 60.2 Å². The molecular weight excluding hydrogens is 328 g/mol. The number of ether oxygens (including phenoxy) is 1. The Balaban J connectivity index is 1.47. The van der Waals surface area contributed by atoms with Crippen LogP contribution >= 0.6 is 0 Å². The quantitative estimate of drug-likeness (QED) is 0.870. The number of hydrogen-bond acceptors (Lipinski definition) is 3. The molecule has 1 aliphatic rings. The van der Waals surface area contributed by atoms with Gasteiger partial charge in [-0.3, -0.25) is 9.59 Å². The van der Waals surface area contributed by atoms with E-state index in [9.17, 15) is 9.59 Å². The second-order valence-electron chi connectivity index (χ2n) is 6.49. The Hall–Kier alpha value is -2.82. The van der Waals surface area contributed by atoms with E-state index in [4.69, 9.17) is 4.74 Å². The summed E-state index contributed by atoms with van der Waals surface area (Å²) < 4.78 is 5.76. The van der Waals surface area contributed by atoms with Gasteiger partial charge in [0.2, 0.25) is 11.8 Å². The Morgan fingerprint density at radius 3 is 2.62 bits per heavy atom. The second kappa shape index (κ2) is 8.52. The summed E-state index contributed by atoms with van der Waals surface area (Å²) in [7, 11) is 0. The van der Waals surface area contributed by atoms with Gasteiger partial charge in [0.1, 0.15) is 11.9 Å². The first-order chi connectivity index (χ1) is 12.6. The van der Waals surface area contributed by atoms with Gasteiger partial charge in [0.15, 0.2) is 0 Å². The second-order valence-corrected chi connectivity index (χ2v) is 6.49. The van der Waals surface area contributed by atoms with Crippen LogP contribution in [-0.4, -0.2) is 31.0 Å². The average molecular weight is 352 g/mol. The fourth-order valence-electron chi connectivity index (χ4n) is 3.06. The van der Waals surface area contributed by atoms with Gasteiger partial charge < -0.3 is 15.0 Å². The molecule has 1 heterocycles. The van der Waals surface area contributed by atoms with Gasteiger partial charge in [-0.15, -0.1) is 0 Å². The minimum Gasteiger partial charge on any atom is -0.487 e. The van der Waals surface area contributed by atoms with Crippen LogP contribution in [0.3, 0.4) is 0 Å². The number of hydrogen-bond donors (Lipinski definition) is 1. The molecule has 0 saturated heterocycles. The molecule has 0 fully saturated rings. The molecule has 2 aromatic carbocycles. The van der Waals surface area contributed by atoms with Gasteiger partial charge >= 0.3 is 0 Å². The van der Waals surface area contributed by atoms with E-state index >= 15 is 0 Å². The third-order valence-electron chi connectivity index (χ3n) is 4.37. The molecule has 0 aliphatic carbocycles. The lowest BCUT2D eigenvalue weighted by Gasteiger charge is -2.33. The summed E-state index contributed by atoms with van der Waals surface area (Å²) in [5.74, 6) is 0.571. The molecule has 0 bridgehead atoms. The molecule has 3 rings (SSSR count). The van der Waals surface area contributed by atoms with Gasteiger partial charge in [-0.05, 0) is 31.0 Å². The molecule has 0 radical (unpaired) electrons. The van der Waals surface area contributed by atoms with Crippen LogP contribution in [0.5, 0.6) is 5.75 Å². The number of benzene rings is 2. The van der Waals surface area contributed by atoms with Crippen LogP contribution in [0.25, 0.3) is 0 Å². The van der Waals surface area contributed by atoms with Gasteiger partial charge in [-0.25, -0.2) is 0 Å². The minimum absolute atomic E-state index is 0.0502. The van der Waals surface area contributed by atoms with Crippen LogP contribution in [0, 0.1) is 0 Å². The largest absolute Gasteiger partial charge is 0.487 e. The maximum Gasteiger partial charge on any atom is 0.227 e. The molecule has 2 amide bonds. The maximum absolute atomic E-state index is 12.6. The van der Waals surface area contributed by atoms with E-state index in [2.05, 4.69) is 5.32 Å². The molecule has 0 unspecified atom stereocenters. The normalized spacial score (nSPS) is 15.7. The summed E-state index contributed by atoms with van der Waals surface area (Å²) in [6.07, 6.45) is 1.11. The smallest absolute Gasteiger partial charge is 0.227 e. The van der Waals surface area contributed by atoms with Gasteiger partial charge in [0.25, 0.3) is 0 Å². The molecule has 2 aromatic rings. The first-order valence-corrected chi connectivity index (χ1v) is 9.00. The fourth-order valence-corrected chi connectivity index (χ4v) is 3.06. The molecule has 0 saturated carbocycles. The van der Waals surface area contributed by atoms with Crippen molar-refractivity contribution in [2.45, 2.75) is 32.3 Å². The Morgan fingerprint density at radius 2 is 1.81 bits per heavy atom. The Labute approximate surface area is 154 Å². The molecule has 1 aliphatic heterocycles. The number of carbonyl (C=O) groups is 2. The highest BCUT2D eigenvalue weighted by Crippen LogP contribution is 2.33. The molecule has 0 spiro atoms. The van der Waals surface area contributed by atoms with E-state index in [1.54, 1.807) is 4.90 Å². The standard InChI is InChI=1S/C21H24N2O3/c1-16-15-23(18-9-5-6-10-19(18)26-16)21(25)12-11-20(24)22-14-13-17-7-3-2-4-8-17/h2-10,16H,11-15H2,1H3,(H,22,24)/t16-/m0/s1. The van der Waals surface area contributed by atoms with E-state index in [-0.39, 0.29) is 30.8 Å². The maximum atomic E-state index is 12.6. The molecule has 5 heteroatoms. The summed E-state index contributed by atoms with van der Waals surface area (Å²) in [4.78, 5) is 26.3. The zero-order valence-corrected chi connectivity index (χ0v) is 15.0. The first-order valence-electron chi connectivity index (χ1n) is 9.00. The number of para-hydroxylation sites is 2. The predicted octanol–water partition coefficient (Wildman–Crippen LogP) is 2.94. The molecular formula is C21H24N2O3. The summed E-state index contributed by atoms with van der Waals surface area (Å²) in [6, 6.07) is 17.5. The Kier molecular flexibility index (Phi) is 5.89. The van der Waals surface area contributed by atoms with Crippen LogP contribution in [0.4, 0.5) is 5.69 Å². The van der Waals surface area contributed by atoms with E-state index in [1.807, 2.05) is 61.5 Å². The lowest BCUT2D eigenvalue weighted by atomic mass is 10.1. The van der Waals surface area contributed by atoms with Crippen molar-refractivity contribution < 1.29 is 14.3 Å². The van der Waals surface area contributed by atoms with Crippen LogP contribution in [0.15, 0.2) is 54.6 Å². The SMILES string of the molecule is C[C@H]1CN(C(=O)CCC(=O)NCCc2ccccc2)c2ccccc2O1. The van der Waals surface area contributed by atoms with E-state index in [0.717, 1.165) is 12.1 Å². The third kappa shape index (κ3) is 4.63. The lowest BCUT2D eigenvalue weighted by Crippen LogP contribution is -2.42. The van der Waals surface area contributed by atoms with Crippen molar-refractivity contribution in [2.24, 2.45) is 0 Å². The van der Waals surface area contributed by atoms with Gasteiger partial charge in [-0.1, -0.05) is 42.5 Å². The van der Waals surface area contributed by atoms with Crippen LogP contribution in [-0.2, 0) is 16.0 Å². The minimum atomic E-state index is -0.0936. The van der Waals surface area contributed by atoms with E-state index in [1.165, 1.54) is 5.56 Å². The lowest BCUT2D eigenvalue weighted by molar-refractivity contribution is -0.125. The van der Waals surface area contributed by atoms with Gasteiger partial charge in [-0.2, -0.15) is 0 Å². The zero-order chi connectivity index (χ0) is 18.4. The summed E-state index contributed by atoms with van der Waals surface area (Å²) in [5, 5.41) is 2.88. The molecule has 0 aromatic heterocycles. The van der Waals surface area contributed by atoms with Crippen molar-refractivity contribution in [1.29, 1.82) is 0 Å². The number of nitrogens with one attached hydrogen (secondary N) is 1. The van der Waals surface area contributed by atoms with E-state index in [0.29, 0.717) is 18.8 Å². The first kappa shape index (κ1) is 18.0. The van der Waals surface area contributed by atoms with Crippen LogP contribution in [0.2, 0.25) is 0 Å². The molecule has 1 N–H and O–H groups in total. The van der Waals surface area contributed by atoms with Gasteiger partial charge in [0, 0.05) is 19.4 Å². The monoisotopic (exact) mass is 352 g/mol. The van der Waals surface area contributed by atoms with Crippen LogP contribution < -0.4 is 15.0 Å². The van der Waals surface area contributed by atoms with Crippen molar-refractivity contribution in [1.82, 2.24) is 5.32 Å². The zero-order valence-electron chi connectivity index (χ0n) is 15.0. The van der Waals surface area contributed by atoms with Crippen molar-refractivity contribution in [2.75, 3.05) is 18.0 Å². The van der Waals surface area contributed by atoms with Crippen LogP contribution in [0.1, 0.15) is 25.3 Å². The third-order valence-corrected chi connectivity index (χ3v) is 4.37. The highest BCUT2D eigenvalue weighted by molar-refractivity contribution is 5.97. The van der Waals surface area contributed by atoms with Crippen molar-refractivity contribution in [3.8, 4) is 5.75 Å². The van der Waals surface area contributed by atoms with E-state index < -0.39 is 0 Å². The molecule has 26 heavy (non-hydrogen) atoms. The molecule has 1 atom stereocenters. The number of anilines is 1. The van der Waals surface area contributed by atoms with Crippen molar-refractivity contribution >= 4 is 17.5 Å². The highest BCUT2D eigenvalue weighted by atomic mass is 16.5. The number of fused-ring (bicyclic) bond motifs is 1. The molecule has 5 nitrogen and oxygen atoms in total. The summed E-state index contributed by atoms with van der Waals surface area (Å²) in [5.41, 5.74) is 1.96. The molecule has 136 valence electrons. The fraction of sp³-hybridized carbons (Fsp3) is 0.333. The summed E-state index contributed by atoms with van der Waals surface area (Å²) in [6.45, 7) is 3.02. The topological polar surface area (TPSA) is 58.6 Å².